The van der Waals surface area contributed by atoms with Crippen LogP contribution in [0.3, 0.4) is 0 Å². The zero-order valence-electron chi connectivity index (χ0n) is 15.2. The average molecular weight is 352 g/mol. The molecule has 3 rings (SSSR count). The average Bonchev–Trinajstić information content (AvgIpc) is 3.05. The van der Waals surface area contributed by atoms with Crippen LogP contribution in [0.25, 0.3) is 0 Å². The number of carbonyl (C=O) groups is 2. The van der Waals surface area contributed by atoms with Crippen LogP contribution in [0.2, 0.25) is 0 Å². The molecule has 1 aliphatic heterocycles. The second-order valence-corrected chi connectivity index (χ2v) is 6.60. The Morgan fingerprint density at radius 2 is 1.88 bits per heavy atom. The normalized spacial score (nSPS) is 13.8. The molecule has 1 aliphatic rings. The molecule has 136 valence electrons. The van der Waals surface area contributed by atoms with Crippen molar-refractivity contribution in [1.82, 2.24) is 10.2 Å². The Balaban J connectivity index is 1.55. The van der Waals surface area contributed by atoms with Gasteiger partial charge < -0.3 is 15.0 Å². The van der Waals surface area contributed by atoms with Gasteiger partial charge in [0.05, 0.1) is 7.11 Å². The Labute approximate surface area is 154 Å². The van der Waals surface area contributed by atoms with Crippen LogP contribution in [0.1, 0.15) is 39.9 Å². The third-order valence-electron chi connectivity index (χ3n) is 4.68. The van der Waals surface area contributed by atoms with Gasteiger partial charge in [-0.2, -0.15) is 0 Å². The molecule has 5 nitrogen and oxygen atoms in total. The minimum absolute atomic E-state index is 0.109. The predicted octanol–water partition coefficient (Wildman–Crippen LogP) is 3.06. The van der Waals surface area contributed by atoms with Crippen molar-refractivity contribution in [2.75, 3.05) is 13.7 Å². The summed E-state index contributed by atoms with van der Waals surface area (Å²) in [4.78, 5) is 25.9. The topological polar surface area (TPSA) is 58.6 Å². The van der Waals surface area contributed by atoms with Gasteiger partial charge in [-0.1, -0.05) is 24.3 Å². The summed E-state index contributed by atoms with van der Waals surface area (Å²) in [6, 6.07) is 13.4. The number of hydrogen-bond donors (Lipinski definition) is 1. The second kappa shape index (κ2) is 8.04. The summed E-state index contributed by atoms with van der Waals surface area (Å²) in [5, 5.41) is 2.94. The zero-order valence-corrected chi connectivity index (χ0v) is 15.2. The highest BCUT2D eigenvalue weighted by molar-refractivity contribution is 5.94. The summed E-state index contributed by atoms with van der Waals surface area (Å²) < 4.78 is 5.22. The van der Waals surface area contributed by atoms with Crippen molar-refractivity contribution >= 4 is 11.8 Å². The van der Waals surface area contributed by atoms with Crippen LogP contribution in [-0.4, -0.2) is 30.4 Å². The molecule has 2 aromatic rings. The number of nitrogens with one attached hydrogen (secondary N) is 1. The third-order valence-corrected chi connectivity index (χ3v) is 4.68. The van der Waals surface area contributed by atoms with Crippen molar-refractivity contribution < 1.29 is 14.3 Å². The molecule has 0 spiro atoms. The number of ether oxygens (including phenoxy) is 1. The first-order valence-corrected chi connectivity index (χ1v) is 8.85. The Morgan fingerprint density at radius 3 is 2.50 bits per heavy atom. The summed E-state index contributed by atoms with van der Waals surface area (Å²) in [6.45, 7) is 3.89. The molecule has 0 bridgehead atoms. The highest BCUT2D eigenvalue weighted by Crippen LogP contribution is 2.18. The van der Waals surface area contributed by atoms with Gasteiger partial charge in [0.2, 0.25) is 5.91 Å². The minimum Gasteiger partial charge on any atom is -0.496 e. The quantitative estimate of drug-likeness (QED) is 0.869. The molecule has 0 saturated carbocycles. The Bertz CT molecular complexity index is 799. The molecular formula is C21H24N2O3. The fraction of sp³-hybridized carbons (Fsp3) is 0.333. The van der Waals surface area contributed by atoms with Crippen molar-refractivity contribution in [3.8, 4) is 5.75 Å². The van der Waals surface area contributed by atoms with Crippen LogP contribution >= 0.6 is 0 Å². The number of likely N-dealkylation sites (tertiary alicyclic amines) is 1. The summed E-state index contributed by atoms with van der Waals surface area (Å²) in [5.74, 6) is 0.896. The molecule has 0 radical (unpaired) electrons. The van der Waals surface area contributed by atoms with Crippen molar-refractivity contribution in [3.05, 3.63) is 64.7 Å². The van der Waals surface area contributed by atoms with E-state index in [-0.39, 0.29) is 11.8 Å². The molecule has 1 saturated heterocycles. The molecular weight excluding hydrogens is 328 g/mol. The molecule has 1 N–H and O–H groups in total. The van der Waals surface area contributed by atoms with E-state index in [1.54, 1.807) is 19.2 Å². The van der Waals surface area contributed by atoms with Crippen LogP contribution in [0.4, 0.5) is 0 Å². The second-order valence-electron chi connectivity index (χ2n) is 6.60. The van der Waals surface area contributed by atoms with Gasteiger partial charge in [0.1, 0.15) is 5.75 Å². The van der Waals surface area contributed by atoms with E-state index in [1.807, 2.05) is 42.2 Å². The van der Waals surface area contributed by atoms with Gasteiger partial charge in [0.15, 0.2) is 0 Å². The molecule has 5 heteroatoms. The largest absolute Gasteiger partial charge is 0.496 e. The van der Waals surface area contributed by atoms with Crippen LogP contribution in [0.5, 0.6) is 5.75 Å². The van der Waals surface area contributed by atoms with Crippen LogP contribution < -0.4 is 10.1 Å². The number of amides is 2. The Morgan fingerprint density at radius 1 is 1.15 bits per heavy atom. The van der Waals surface area contributed by atoms with E-state index in [9.17, 15) is 9.59 Å². The van der Waals surface area contributed by atoms with E-state index in [2.05, 4.69) is 5.32 Å². The SMILES string of the molecule is COc1ccc(C(=O)NCc2ccc(CN3CCCC3=O)cc2)cc1C. The van der Waals surface area contributed by atoms with Gasteiger partial charge >= 0.3 is 0 Å². The summed E-state index contributed by atoms with van der Waals surface area (Å²) >= 11 is 0. The first-order chi connectivity index (χ1) is 12.6. The fourth-order valence-corrected chi connectivity index (χ4v) is 3.16. The zero-order chi connectivity index (χ0) is 18.5. The third kappa shape index (κ3) is 4.23. The van der Waals surface area contributed by atoms with E-state index < -0.39 is 0 Å². The van der Waals surface area contributed by atoms with Gasteiger partial charge in [-0.25, -0.2) is 0 Å². The van der Waals surface area contributed by atoms with Crippen molar-refractivity contribution in [2.24, 2.45) is 0 Å². The Kier molecular flexibility index (Phi) is 5.56. The summed E-state index contributed by atoms with van der Waals surface area (Å²) in [6.07, 6.45) is 1.61. The number of rotatable bonds is 6. The number of nitrogens with zero attached hydrogens (tertiary/aromatic N) is 1. The number of carbonyl (C=O) groups excluding carboxylic acids is 2. The maximum absolute atomic E-state index is 12.3. The lowest BCUT2D eigenvalue weighted by Crippen LogP contribution is -2.24. The van der Waals surface area contributed by atoms with Crippen LogP contribution in [0.15, 0.2) is 42.5 Å². The smallest absolute Gasteiger partial charge is 0.251 e. The van der Waals surface area contributed by atoms with Crippen molar-refractivity contribution in [1.29, 1.82) is 0 Å². The standard InChI is InChI=1S/C21H24N2O3/c1-15-12-18(9-10-19(15)26-2)21(25)22-13-16-5-7-17(8-6-16)14-23-11-3-4-20(23)24/h5-10,12H,3-4,11,13-14H2,1-2H3,(H,22,25). The van der Waals surface area contributed by atoms with Crippen molar-refractivity contribution in [2.45, 2.75) is 32.9 Å². The number of benzene rings is 2. The van der Waals surface area contributed by atoms with E-state index in [1.165, 1.54) is 0 Å². The molecule has 0 aromatic heterocycles. The predicted molar refractivity (Wildman–Crippen MR) is 100.0 cm³/mol. The highest BCUT2D eigenvalue weighted by Gasteiger charge is 2.19. The van der Waals surface area contributed by atoms with E-state index in [0.717, 1.165) is 35.4 Å². The van der Waals surface area contributed by atoms with Crippen LogP contribution in [0, 0.1) is 6.92 Å². The van der Waals surface area contributed by atoms with Gasteiger partial charge in [0, 0.05) is 31.6 Å². The maximum atomic E-state index is 12.3. The van der Waals surface area contributed by atoms with Gasteiger partial charge in [-0.05, 0) is 48.2 Å². The number of aryl methyl sites for hydroxylation is 1. The lowest BCUT2D eigenvalue weighted by Gasteiger charge is -2.15. The summed E-state index contributed by atoms with van der Waals surface area (Å²) in [5.41, 5.74) is 3.69. The molecule has 0 atom stereocenters. The van der Waals surface area contributed by atoms with Gasteiger partial charge in [0.25, 0.3) is 5.91 Å². The molecule has 0 aliphatic carbocycles. The molecule has 1 fully saturated rings. The lowest BCUT2D eigenvalue weighted by molar-refractivity contribution is -0.128. The van der Waals surface area contributed by atoms with Crippen LogP contribution in [-0.2, 0) is 17.9 Å². The molecule has 1 heterocycles. The monoisotopic (exact) mass is 352 g/mol. The fourth-order valence-electron chi connectivity index (χ4n) is 3.16. The molecule has 26 heavy (non-hydrogen) atoms. The highest BCUT2D eigenvalue weighted by atomic mass is 16.5. The van der Waals surface area contributed by atoms with Gasteiger partial charge in [-0.3, -0.25) is 9.59 Å². The maximum Gasteiger partial charge on any atom is 0.251 e. The van der Waals surface area contributed by atoms with E-state index in [0.29, 0.717) is 25.1 Å². The number of methoxy groups -OCH3 is 1. The first-order valence-electron chi connectivity index (χ1n) is 8.85. The molecule has 2 amide bonds. The lowest BCUT2D eigenvalue weighted by atomic mass is 10.1. The van der Waals surface area contributed by atoms with Crippen molar-refractivity contribution in [3.63, 3.8) is 0 Å². The minimum atomic E-state index is -0.109. The molecule has 0 unspecified atom stereocenters. The molecule has 2 aromatic carbocycles. The Hall–Kier alpha value is -2.82. The van der Waals surface area contributed by atoms with Gasteiger partial charge in [-0.15, -0.1) is 0 Å². The number of hydrogen-bond acceptors (Lipinski definition) is 3. The van der Waals surface area contributed by atoms with E-state index >= 15 is 0 Å². The van der Waals surface area contributed by atoms with E-state index in [4.69, 9.17) is 4.74 Å². The first kappa shape index (κ1) is 18.0. The summed E-state index contributed by atoms with van der Waals surface area (Å²) in [7, 11) is 1.62.